The minimum absolute atomic E-state index is 0.00771. The minimum atomic E-state index is -3.53. The molecule has 1 aliphatic carbocycles. The number of carboxylic acid groups (broad SMARTS) is 1. The topological polar surface area (TPSA) is 234 Å². The van der Waals surface area contributed by atoms with Gasteiger partial charge in [0.05, 0.1) is 24.3 Å². The van der Waals surface area contributed by atoms with Crippen molar-refractivity contribution in [1.82, 2.24) is 26.6 Å². The molecule has 1 fully saturated rings. The average Bonchev–Trinajstić information content (AvgIpc) is 3.11. The van der Waals surface area contributed by atoms with Crippen LogP contribution in [0.25, 0.3) is 0 Å². The monoisotopic (exact) mass is 791 g/mol. The number of benzene rings is 1. The third-order valence-corrected chi connectivity index (χ3v) is 10.8. The lowest BCUT2D eigenvalue weighted by Gasteiger charge is -2.41. The van der Waals surface area contributed by atoms with E-state index in [1.807, 2.05) is 27.7 Å². The van der Waals surface area contributed by atoms with Crippen LogP contribution in [0.5, 0.6) is 0 Å². The number of ketones is 1. The molecule has 0 bridgehead atoms. The molecule has 15 nitrogen and oxygen atoms in total. The van der Waals surface area contributed by atoms with Crippen LogP contribution in [0.3, 0.4) is 0 Å². The van der Waals surface area contributed by atoms with Gasteiger partial charge in [0, 0.05) is 6.26 Å². The van der Waals surface area contributed by atoms with Crippen molar-refractivity contribution in [1.29, 1.82) is 0 Å². The molecule has 1 aromatic carbocycles. The van der Waals surface area contributed by atoms with Crippen LogP contribution in [0.2, 0.25) is 0 Å². The second-order valence-electron chi connectivity index (χ2n) is 15.7. The van der Waals surface area contributed by atoms with E-state index in [2.05, 4.69) is 26.6 Å². The molecular formula is C39H61N5O10S. The van der Waals surface area contributed by atoms with E-state index in [0.717, 1.165) is 25.5 Å². The van der Waals surface area contributed by atoms with Crippen molar-refractivity contribution in [2.24, 2.45) is 23.7 Å². The van der Waals surface area contributed by atoms with Gasteiger partial charge in [-0.3, -0.25) is 28.8 Å². The Kier molecular flexibility index (Phi) is 18.4. The molecule has 1 aromatic rings. The highest BCUT2D eigenvalue weighted by molar-refractivity contribution is 7.90. The molecule has 0 heterocycles. The highest BCUT2D eigenvalue weighted by Crippen LogP contribution is 2.34. The molecule has 16 heteroatoms. The Morgan fingerprint density at radius 3 is 1.96 bits per heavy atom. The second-order valence-corrected chi connectivity index (χ2v) is 17.9. The predicted molar refractivity (Wildman–Crippen MR) is 207 cm³/mol. The molecule has 0 radical (unpaired) electrons. The van der Waals surface area contributed by atoms with E-state index in [1.165, 1.54) is 12.1 Å². The zero-order chi connectivity index (χ0) is 41.5. The lowest BCUT2D eigenvalue weighted by molar-refractivity contribution is -0.143. The summed E-state index contributed by atoms with van der Waals surface area (Å²) in [6.45, 7) is 10.1. The largest absolute Gasteiger partial charge is 0.479 e. The van der Waals surface area contributed by atoms with Gasteiger partial charge in [-0.2, -0.15) is 0 Å². The van der Waals surface area contributed by atoms with Gasteiger partial charge in [0.1, 0.15) is 21.4 Å². The summed E-state index contributed by atoms with van der Waals surface area (Å²) in [7, 11) is -3.53. The molecule has 6 N–H and O–H groups in total. The first-order chi connectivity index (χ1) is 25.7. The number of amides is 5. The van der Waals surface area contributed by atoms with E-state index in [4.69, 9.17) is 0 Å². The summed E-state index contributed by atoms with van der Waals surface area (Å²) in [5.41, 5.74) is -1.18. The molecule has 2 rings (SSSR count). The van der Waals surface area contributed by atoms with Crippen LogP contribution in [-0.2, 0) is 43.4 Å². The molecule has 1 saturated carbocycles. The van der Waals surface area contributed by atoms with Crippen molar-refractivity contribution in [3.8, 4) is 0 Å². The van der Waals surface area contributed by atoms with E-state index in [1.54, 1.807) is 32.0 Å². The molecule has 2 unspecified atom stereocenters. The van der Waals surface area contributed by atoms with E-state index >= 15 is 0 Å². The van der Waals surface area contributed by atoms with E-state index < -0.39 is 87.3 Å². The fourth-order valence-corrected chi connectivity index (χ4v) is 7.98. The van der Waals surface area contributed by atoms with Gasteiger partial charge in [0.25, 0.3) is 5.91 Å². The lowest BCUT2D eigenvalue weighted by atomic mass is 9.74. The number of carbonyl (C=O) groups is 7. The van der Waals surface area contributed by atoms with Crippen molar-refractivity contribution < 1.29 is 47.1 Å². The number of nitrogens with one attached hydrogen (secondary N) is 5. The molecule has 0 saturated heterocycles. The number of sulfone groups is 1. The van der Waals surface area contributed by atoms with Crippen LogP contribution in [0.1, 0.15) is 111 Å². The van der Waals surface area contributed by atoms with Crippen LogP contribution in [0.4, 0.5) is 0 Å². The van der Waals surface area contributed by atoms with Gasteiger partial charge >= 0.3 is 5.97 Å². The summed E-state index contributed by atoms with van der Waals surface area (Å²) in [4.78, 5) is 92.5. The normalized spacial score (nSPS) is 16.8. The van der Waals surface area contributed by atoms with E-state index in [9.17, 15) is 47.1 Å². The number of aliphatic carboxylic acids is 1. The standard InChI is InChI=1S/C39H61N5O10S/c1-8-15-29(33(46)36(49)40-22-31(45)43-32(37(50)51)26-16-11-9-12-17-26)41-35(48)30(21-25(4)5)42-38(52)39(6,28-18-13-10-14-19-28)44-34(47)27(20-24(2)3)23-55(7,53)54/h9,11-12,16-17,24-25,27-30,32H,8,10,13-15,18-23H2,1-7H3,(H,40,49)(H,41,48)(H,42,52)(H,43,45)(H,44,47)(H,50,51)/t27?,29?,30-,32-,39-/m0/s1. The fourth-order valence-electron chi connectivity index (χ4n) is 6.96. The highest BCUT2D eigenvalue weighted by atomic mass is 32.2. The van der Waals surface area contributed by atoms with Crippen molar-refractivity contribution in [3.05, 3.63) is 35.9 Å². The third kappa shape index (κ3) is 15.4. The number of rotatable bonds is 22. The number of hydrogen-bond donors (Lipinski definition) is 6. The first-order valence-corrected chi connectivity index (χ1v) is 21.2. The Bertz CT molecular complexity index is 1610. The van der Waals surface area contributed by atoms with Gasteiger partial charge in [-0.25, -0.2) is 13.2 Å². The van der Waals surface area contributed by atoms with Crippen molar-refractivity contribution in [2.45, 2.75) is 123 Å². The molecule has 0 spiro atoms. The minimum Gasteiger partial charge on any atom is -0.479 e. The van der Waals surface area contributed by atoms with Gasteiger partial charge < -0.3 is 31.7 Å². The molecule has 1 aliphatic rings. The molecule has 308 valence electrons. The smallest absolute Gasteiger partial charge is 0.330 e. The van der Waals surface area contributed by atoms with Gasteiger partial charge in [-0.1, -0.05) is 90.6 Å². The molecule has 5 atom stereocenters. The number of carboxylic acids is 1. The number of Topliss-reactive ketones (excluding diaryl/α,β-unsaturated/α-hetero) is 1. The quantitative estimate of drug-likeness (QED) is 0.0940. The Balaban J connectivity index is 2.25. The zero-order valence-corrected chi connectivity index (χ0v) is 34.1. The lowest BCUT2D eigenvalue weighted by Crippen LogP contribution is -2.65. The van der Waals surface area contributed by atoms with Gasteiger partial charge in [-0.05, 0) is 62.3 Å². The van der Waals surface area contributed by atoms with Crippen molar-refractivity contribution in [3.63, 3.8) is 0 Å². The maximum Gasteiger partial charge on any atom is 0.330 e. The zero-order valence-electron chi connectivity index (χ0n) is 33.2. The van der Waals surface area contributed by atoms with Crippen molar-refractivity contribution >= 4 is 51.1 Å². The van der Waals surface area contributed by atoms with Crippen molar-refractivity contribution in [2.75, 3.05) is 18.6 Å². The van der Waals surface area contributed by atoms with E-state index in [0.29, 0.717) is 31.2 Å². The molecule has 0 aliphatic heterocycles. The summed E-state index contributed by atoms with van der Waals surface area (Å²) in [6, 6.07) is 4.09. The van der Waals surface area contributed by atoms with Crippen LogP contribution in [0.15, 0.2) is 30.3 Å². The molecule has 5 amide bonds. The fraction of sp³-hybridized carbons (Fsp3) is 0.667. The Hall–Kier alpha value is -4.34. The summed E-state index contributed by atoms with van der Waals surface area (Å²) >= 11 is 0. The van der Waals surface area contributed by atoms with Gasteiger partial charge in [0.2, 0.25) is 29.4 Å². The maximum atomic E-state index is 14.3. The molecule has 55 heavy (non-hydrogen) atoms. The summed E-state index contributed by atoms with van der Waals surface area (Å²) < 4.78 is 24.5. The first-order valence-electron chi connectivity index (χ1n) is 19.2. The predicted octanol–water partition coefficient (Wildman–Crippen LogP) is 2.59. The van der Waals surface area contributed by atoms with E-state index in [-0.39, 0.29) is 36.3 Å². The number of hydrogen-bond acceptors (Lipinski definition) is 9. The third-order valence-electron chi connectivity index (χ3n) is 9.76. The van der Waals surface area contributed by atoms with Crippen LogP contribution >= 0.6 is 0 Å². The van der Waals surface area contributed by atoms with Gasteiger partial charge in [0.15, 0.2) is 6.04 Å². The van der Waals surface area contributed by atoms with Crippen LogP contribution < -0.4 is 26.6 Å². The highest BCUT2D eigenvalue weighted by Gasteiger charge is 2.45. The molecular weight excluding hydrogens is 731 g/mol. The van der Waals surface area contributed by atoms with Gasteiger partial charge in [-0.15, -0.1) is 0 Å². The van der Waals surface area contributed by atoms with Crippen LogP contribution in [0, 0.1) is 23.7 Å². The average molecular weight is 792 g/mol. The summed E-state index contributed by atoms with van der Waals surface area (Å²) in [5, 5.41) is 22.4. The summed E-state index contributed by atoms with van der Waals surface area (Å²) in [5.74, 6) is -7.92. The number of carbonyl (C=O) groups excluding carboxylic acids is 6. The Morgan fingerprint density at radius 1 is 0.836 bits per heavy atom. The second kappa shape index (κ2) is 21.7. The Morgan fingerprint density at radius 2 is 1.44 bits per heavy atom. The maximum absolute atomic E-state index is 14.3. The van der Waals surface area contributed by atoms with Crippen LogP contribution in [-0.4, -0.2) is 91.0 Å². The first kappa shape index (κ1) is 46.8. The SMILES string of the molecule is CCCC(NC(=O)[C@H](CC(C)C)NC(=O)[C@@](C)(NC(=O)C(CC(C)C)CS(C)(=O)=O)C1CCCCC1)C(=O)C(=O)NCC(=O)N[C@H](C(=O)O)c1ccccc1. The molecule has 0 aromatic heterocycles. The Labute approximate surface area is 325 Å². The summed E-state index contributed by atoms with van der Waals surface area (Å²) in [6.07, 6.45) is 5.86.